The standard InChI is InChI=1S/C11H22N2/c1-4-8-11(2,3)13-10-7-5-6-9-12/h13H,4-8,10H2,1-3H3. The summed E-state index contributed by atoms with van der Waals surface area (Å²) in [6.07, 6.45) is 5.26. The molecule has 0 aliphatic carbocycles. The van der Waals surface area contributed by atoms with Gasteiger partial charge in [0, 0.05) is 12.0 Å². The molecule has 0 aliphatic rings. The van der Waals surface area contributed by atoms with E-state index in [-0.39, 0.29) is 5.54 Å². The van der Waals surface area contributed by atoms with Gasteiger partial charge < -0.3 is 5.32 Å². The summed E-state index contributed by atoms with van der Waals surface area (Å²) in [5, 5.41) is 11.8. The average Bonchev–Trinajstić information content (AvgIpc) is 2.04. The maximum Gasteiger partial charge on any atom is 0.0621 e. The van der Waals surface area contributed by atoms with Crippen molar-refractivity contribution in [2.45, 2.75) is 58.4 Å². The number of nitriles is 1. The number of hydrogen-bond acceptors (Lipinski definition) is 2. The first-order valence-electron chi connectivity index (χ1n) is 5.24. The van der Waals surface area contributed by atoms with Gasteiger partial charge in [0.1, 0.15) is 0 Å². The second-order valence-corrected chi connectivity index (χ2v) is 4.18. The van der Waals surface area contributed by atoms with E-state index < -0.39 is 0 Å². The molecule has 0 aliphatic heterocycles. The van der Waals surface area contributed by atoms with Crippen molar-refractivity contribution in [2.24, 2.45) is 0 Å². The van der Waals surface area contributed by atoms with Gasteiger partial charge in [0.25, 0.3) is 0 Å². The molecule has 0 amide bonds. The number of nitrogens with one attached hydrogen (secondary N) is 1. The third-order valence-corrected chi connectivity index (χ3v) is 2.19. The molecule has 0 saturated heterocycles. The fourth-order valence-electron chi connectivity index (χ4n) is 1.47. The Hall–Kier alpha value is -0.550. The van der Waals surface area contributed by atoms with Crippen molar-refractivity contribution in [3.05, 3.63) is 0 Å². The molecule has 0 aromatic carbocycles. The van der Waals surface area contributed by atoms with Crippen LogP contribution in [0.2, 0.25) is 0 Å². The maximum atomic E-state index is 8.34. The minimum atomic E-state index is 0.265. The van der Waals surface area contributed by atoms with Gasteiger partial charge in [0.2, 0.25) is 0 Å². The van der Waals surface area contributed by atoms with E-state index in [1.165, 1.54) is 12.8 Å². The quantitative estimate of drug-likeness (QED) is 0.614. The lowest BCUT2D eigenvalue weighted by atomic mass is 9.99. The number of rotatable bonds is 7. The first kappa shape index (κ1) is 12.4. The van der Waals surface area contributed by atoms with Crippen LogP contribution in [0.5, 0.6) is 0 Å². The Balaban J connectivity index is 3.36. The lowest BCUT2D eigenvalue weighted by Gasteiger charge is -2.25. The van der Waals surface area contributed by atoms with Crippen LogP contribution in [-0.4, -0.2) is 12.1 Å². The summed E-state index contributed by atoms with van der Waals surface area (Å²) >= 11 is 0. The number of unbranched alkanes of at least 4 members (excludes halogenated alkanes) is 2. The highest BCUT2D eigenvalue weighted by Gasteiger charge is 2.13. The van der Waals surface area contributed by atoms with Crippen LogP contribution in [0.1, 0.15) is 52.9 Å². The van der Waals surface area contributed by atoms with Crippen molar-refractivity contribution in [3.8, 4) is 6.07 Å². The summed E-state index contributed by atoms with van der Waals surface area (Å²) in [7, 11) is 0. The van der Waals surface area contributed by atoms with Crippen LogP contribution >= 0.6 is 0 Å². The van der Waals surface area contributed by atoms with Crippen molar-refractivity contribution in [2.75, 3.05) is 6.54 Å². The first-order chi connectivity index (χ1) is 6.12. The summed E-state index contributed by atoms with van der Waals surface area (Å²) in [6, 6.07) is 2.16. The maximum absolute atomic E-state index is 8.34. The summed E-state index contributed by atoms with van der Waals surface area (Å²) in [6.45, 7) is 7.72. The van der Waals surface area contributed by atoms with Gasteiger partial charge in [-0.05, 0) is 39.7 Å². The van der Waals surface area contributed by atoms with Crippen molar-refractivity contribution >= 4 is 0 Å². The Kier molecular flexibility index (Phi) is 6.62. The van der Waals surface area contributed by atoms with Gasteiger partial charge in [0.15, 0.2) is 0 Å². The van der Waals surface area contributed by atoms with Gasteiger partial charge >= 0.3 is 0 Å². The Morgan fingerprint density at radius 1 is 1.31 bits per heavy atom. The minimum Gasteiger partial charge on any atom is -0.312 e. The van der Waals surface area contributed by atoms with E-state index in [1.807, 2.05) is 0 Å². The largest absolute Gasteiger partial charge is 0.312 e. The van der Waals surface area contributed by atoms with Gasteiger partial charge in [-0.25, -0.2) is 0 Å². The highest BCUT2D eigenvalue weighted by atomic mass is 14.9. The third kappa shape index (κ3) is 7.80. The van der Waals surface area contributed by atoms with Crippen molar-refractivity contribution in [3.63, 3.8) is 0 Å². The Morgan fingerprint density at radius 3 is 2.54 bits per heavy atom. The second-order valence-electron chi connectivity index (χ2n) is 4.18. The summed E-state index contributed by atoms with van der Waals surface area (Å²) in [4.78, 5) is 0. The van der Waals surface area contributed by atoms with E-state index in [9.17, 15) is 0 Å². The normalized spacial score (nSPS) is 11.2. The Morgan fingerprint density at radius 2 is 2.00 bits per heavy atom. The molecule has 2 nitrogen and oxygen atoms in total. The molecule has 0 unspecified atom stereocenters. The topological polar surface area (TPSA) is 35.8 Å². The van der Waals surface area contributed by atoms with Crippen LogP contribution < -0.4 is 5.32 Å². The molecule has 13 heavy (non-hydrogen) atoms. The molecule has 2 heteroatoms. The second kappa shape index (κ2) is 6.91. The molecule has 76 valence electrons. The predicted octanol–water partition coefficient (Wildman–Crippen LogP) is 2.85. The summed E-state index contributed by atoms with van der Waals surface area (Å²) < 4.78 is 0. The first-order valence-corrected chi connectivity index (χ1v) is 5.24. The zero-order valence-electron chi connectivity index (χ0n) is 9.19. The predicted molar refractivity (Wildman–Crippen MR) is 56.5 cm³/mol. The molecule has 0 bridgehead atoms. The molecule has 0 aromatic rings. The minimum absolute atomic E-state index is 0.265. The van der Waals surface area contributed by atoms with Crippen LogP contribution in [0.4, 0.5) is 0 Å². The van der Waals surface area contributed by atoms with Crippen LogP contribution in [0, 0.1) is 11.3 Å². The van der Waals surface area contributed by atoms with Crippen molar-refractivity contribution in [1.82, 2.24) is 5.32 Å². The number of nitrogens with zero attached hydrogens (tertiary/aromatic N) is 1. The molecular formula is C11H22N2. The zero-order valence-corrected chi connectivity index (χ0v) is 9.19. The van der Waals surface area contributed by atoms with Crippen LogP contribution in [0.15, 0.2) is 0 Å². The van der Waals surface area contributed by atoms with E-state index in [0.29, 0.717) is 6.42 Å². The van der Waals surface area contributed by atoms with E-state index in [2.05, 4.69) is 32.2 Å². The fraction of sp³-hybridized carbons (Fsp3) is 0.909. The van der Waals surface area contributed by atoms with Crippen LogP contribution in [0.3, 0.4) is 0 Å². The monoisotopic (exact) mass is 182 g/mol. The molecule has 0 radical (unpaired) electrons. The number of hydrogen-bond donors (Lipinski definition) is 1. The molecular weight excluding hydrogens is 160 g/mol. The Bertz CT molecular complexity index is 156. The van der Waals surface area contributed by atoms with Crippen molar-refractivity contribution < 1.29 is 0 Å². The lowest BCUT2D eigenvalue weighted by molar-refractivity contribution is 0.356. The highest BCUT2D eigenvalue weighted by Crippen LogP contribution is 2.10. The van der Waals surface area contributed by atoms with E-state index in [4.69, 9.17) is 5.26 Å². The van der Waals surface area contributed by atoms with Gasteiger partial charge in [-0.2, -0.15) is 5.26 Å². The van der Waals surface area contributed by atoms with E-state index >= 15 is 0 Å². The van der Waals surface area contributed by atoms with Gasteiger partial charge in [-0.15, -0.1) is 0 Å². The molecule has 0 atom stereocenters. The van der Waals surface area contributed by atoms with Gasteiger partial charge in [-0.3, -0.25) is 0 Å². The molecule has 0 fully saturated rings. The fourth-order valence-corrected chi connectivity index (χ4v) is 1.47. The SMILES string of the molecule is CCCC(C)(C)NCCCCC#N. The average molecular weight is 182 g/mol. The van der Waals surface area contributed by atoms with Gasteiger partial charge in [-0.1, -0.05) is 13.3 Å². The third-order valence-electron chi connectivity index (χ3n) is 2.19. The highest BCUT2D eigenvalue weighted by molar-refractivity contribution is 4.76. The molecule has 0 heterocycles. The molecule has 0 rings (SSSR count). The molecule has 0 spiro atoms. The Labute approximate surface area is 82.3 Å². The summed E-state index contributed by atoms with van der Waals surface area (Å²) in [5.41, 5.74) is 0.265. The van der Waals surface area contributed by atoms with Gasteiger partial charge in [0.05, 0.1) is 6.07 Å². The summed E-state index contributed by atoms with van der Waals surface area (Å²) in [5.74, 6) is 0. The lowest BCUT2D eigenvalue weighted by Crippen LogP contribution is -2.39. The van der Waals surface area contributed by atoms with E-state index in [0.717, 1.165) is 19.4 Å². The van der Waals surface area contributed by atoms with Crippen molar-refractivity contribution in [1.29, 1.82) is 5.26 Å². The molecule has 1 N–H and O–H groups in total. The van der Waals surface area contributed by atoms with Crippen LogP contribution in [-0.2, 0) is 0 Å². The molecule has 0 saturated carbocycles. The van der Waals surface area contributed by atoms with E-state index in [1.54, 1.807) is 0 Å². The zero-order chi connectivity index (χ0) is 10.2. The van der Waals surface area contributed by atoms with Crippen LogP contribution in [0.25, 0.3) is 0 Å². The smallest absolute Gasteiger partial charge is 0.0621 e. The molecule has 0 aromatic heterocycles.